The molecule has 0 spiro atoms. The summed E-state index contributed by atoms with van der Waals surface area (Å²) in [7, 11) is 0. The molecule has 3 rings (SSSR count). The van der Waals surface area contributed by atoms with Gasteiger partial charge in [-0.25, -0.2) is 4.79 Å². The van der Waals surface area contributed by atoms with E-state index in [1.807, 2.05) is 6.92 Å². The molecule has 1 heterocycles. The Morgan fingerprint density at radius 2 is 1.56 bits per heavy atom. The van der Waals surface area contributed by atoms with Gasteiger partial charge in [0.05, 0.1) is 29.8 Å². The molecule has 0 saturated carbocycles. The summed E-state index contributed by atoms with van der Waals surface area (Å²) in [4.78, 5) is 51.3. The van der Waals surface area contributed by atoms with Gasteiger partial charge >= 0.3 is 5.97 Å². The number of ether oxygens (including phenoxy) is 2. The molecule has 1 aliphatic rings. The van der Waals surface area contributed by atoms with Gasteiger partial charge in [-0.3, -0.25) is 19.3 Å². The third kappa shape index (κ3) is 4.80. The van der Waals surface area contributed by atoms with Crippen LogP contribution in [0.3, 0.4) is 0 Å². The summed E-state index contributed by atoms with van der Waals surface area (Å²) < 4.78 is 10.8. The topological polar surface area (TPSA) is 102 Å². The standard InChI is InChI=1S/C24H26N2O6/c1-4-31-19-12-8-7-11-18(19)21(27)25-20(15(2)3)24(30)32-14-13-26-22(28)16-9-5-6-10-17(16)23(26)29/h5-12,15,20H,4,13-14H2,1-3H3,(H,25,27). The van der Waals surface area contributed by atoms with Crippen LogP contribution < -0.4 is 10.1 Å². The number of esters is 1. The monoisotopic (exact) mass is 438 g/mol. The van der Waals surface area contributed by atoms with Crippen molar-refractivity contribution in [3.63, 3.8) is 0 Å². The second-order valence-corrected chi connectivity index (χ2v) is 7.60. The minimum atomic E-state index is -0.903. The Bertz CT molecular complexity index is 998. The smallest absolute Gasteiger partial charge is 0.328 e. The molecule has 3 amide bonds. The molecule has 0 aromatic heterocycles. The number of carbonyl (C=O) groups excluding carboxylic acids is 4. The van der Waals surface area contributed by atoms with Gasteiger partial charge in [0.15, 0.2) is 0 Å². The van der Waals surface area contributed by atoms with E-state index in [1.54, 1.807) is 62.4 Å². The van der Waals surface area contributed by atoms with Crippen LogP contribution in [0.2, 0.25) is 0 Å². The lowest BCUT2D eigenvalue weighted by atomic mass is 10.0. The molecule has 0 fully saturated rings. The molecule has 2 aromatic carbocycles. The summed E-state index contributed by atoms with van der Waals surface area (Å²) in [5, 5.41) is 2.70. The highest BCUT2D eigenvalue weighted by Crippen LogP contribution is 2.22. The first-order chi connectivity index (χ1) is 15.3. The predicted octanol–water partition coefficient (Wildman–Crippen LogP) is 2.68. The molecule has 0 bridgehead atoms. The Labute approximate surface area is 186 Å². The maximum absolute atomic E-state index is 12.8. The van der Waals surface area contributed by atoms with Crippen LogP contribution in [0.15, 0.2) is 48.5 Å². The van der Waals surface area contributed by atoms with E-state index in [4.69, 9.17) is 9.47 Å². The van der Waals surface area contributed by atoms with Crippen LogP contribution in [0, 0.1) is 5.92 Å². The van der Waals surface area contributed by atoms with E-state index in [0.29, 0.717) is 29.0 Å². The summed E-state index contributed by atoms with van der Waals surface area (Å²) in [6, 6.07) is 12.4. The lowest BCUT2D eigenvalue weighted by Gasteiger charge is -2.22. The van der Waals surface area contributed by atoms with Gasteiger partial charge in [-0.05, 0) is 37.1 Å². The average Bonchev–Trinajstić information content (AvgIpc) is 3.02. The highest BCUT2D eigenvalue weighted by Gasteiger charge is 2.35. The van der Waals surface area contributed by atoms with Crippen LogP contribution >= 0.6 is 0 Å². The van der Waals surface area contributed by atoms with Gasteiger partial charge in [-0.1, -0.05) is 38.1 Å². The van der Waals surface area contributed by atoms with Crippen molar-refractivity contribution in [2.45, 2.75) is 26.8 Å². The summed E-state index contributed by atoms with van der Waals surface area (Å²) >= 11 is 0. The van der Waals surface area contributed by atoms with Crippen molar-refractivity contribution in [1.29, 1.82) is 0 Å². The number of hydrogen-bond donors (Lipinski definition) is 1. The molecule has 32 heavy (non-hydrogen) atoms. The highest BCUT2D eigenvalue weighted by atomic mass is 16.5. The van der Waals surface area contributed by atoms with Gasteiger partial charge in [-0.2, -0.15) is 0 Å². The molecule has 168 valence electrons. The van der Waals surface area contributed by atoms with Gasteiger partial charge < -0.3 is 14.8 Å². The average molecular weight is 438 g/mol. The summed E-state index contributed by atoms with van der Waals surface area (Å²) in [5.74, 6) is -1.74. The fourth-order valence-electron chi connectivity index (χ4n) is 3.42. The second-order valence-electron chi connectivity index (χ2n) is 7.60. The quantitative estimate of drug-likeness (QED) is 0.477. The first kappa shape index (κ1) is 23.0. The van der Waals surface area contributed by atoms with Gasteiger partial charge in [0.25, 0.3) is 17.7 Å². The van der Waals surface area contributed by atoms with E-state index in [2.05, 4.69) is 5.32 Å². The second kappa shape index (κ2) is 10.1. The fourth-order valence-corrected chi connectivity index (χ4v) is 3.42. The Balaban J connectivity index is 1.60. The van der Waals surface area contributed by atoms with Crippen LogP contribution in [0.5, 0.6) is 5.75 Å². The minimum Gasteiger partial charge on any atom is -0.493 e. The van der Waals surface area contributed by atoms with E-state index in [0.717, 1.165) is 4.90 Å². The number of amides is 3. The van der Waals surface area contributed by atoms with Gasteiger partial charge in [0, 0.05) is 0 Å². The normalized spacial score (nSPS) is 13.7. The third-order valence-corrected chi connectivity index (χ3v) is 5.08. The zero-order valence-corrected chi connectivity index (χ0v) is 18.3. The summed E-state index contributed by atoms with van der Waals surface area (Å²) in [6.45, 7) is 5.55. The molecule has 1 N–H and O–H groups in total. The van der Waals surface area contributed by atoms with Crippen LogP contribution in [-0.4, -0.2) is 54.4 Å². The van der Waals surface area contributed by atoms with Crippen LogP contribution in [0.4, 0.5) is 0 Å². The van der Waals surface area contributed by atoms with Gasteiger partial charge in [0.2, 0.25) is 0 Å². The number of benzene rings is 2. The number of hydrogen-bond acceptors (Lipinski definition) is 6. The number of para-hydroxylation sites is 1. The maximum Gasteiger partial charge on any atom is 0.328 e. The van der Waals surface area contributed by atoms with Gasteiger partial charge in [0.1, 0.15) is 18.4 Å². The molecule has 1 unspecified atom stereocenters. The van der Waals surface area contributed by atoms with E-state index < -0.39 is 29.7 Å². The Morgan fingerprint density at radius 3 is 2.16 bits per heavy atom. The summed E-state index contributed by atoms with van der Waals surface area (Å²) in [6.07, 6.45) is 0. The van der Waals surface area contributed by atoms with Crippen molar-refractivity contribution in [3.8, 4) is 5.75 Å². The molecular formula is C24H26N2O6. The SMILES string of the molecule is CCOc1ccccc1C(=O)NC(C(=O)OCCN1C(=O)c2ccccc2C1=O)C(C)C. The Kier molecular flexibility index (Phi) is 7.25. The van der Waals surface area contributed by atoms with Crippen molar-refractivity contribution in [1.82, 2.24) is 10.2 Å². The number of fused-ring (bicyclic) bond motifs is 1. The minimum absolute atomic E-state index is 0.0655. The predicted molar refractivity (Wildman–Crippen MR) is 116 cm³/mol. The van der Waals surface area contributed by atoms with Crippen molar-refractivity contribution < 1.29 is 28.7 Å². The van der Waals surface area contributed by atoms with Crippen molar-refractivity contribution in [3.05, 3.63) is 65.2 Å². The number of imide groups is 1. The first-order valence-electron chi connectivity index (χ1n) is 10.5. The molecule has 8 nitrogen and oxygen atoms in total. The van der Waals surface area contributed by atoms with Crippen molar-refractivity contribution in [2.24, 2.45) is 5.92 Å². The summed E-state index contributed by atoms with van der Waals surface area (Å²) in [5.41, 5.74) is 0.993. The molecule has 1 aliphatic heterocycles. The van der Waals surface area contributed by atoms with E-state index in [9.17, 15) is 19.2 Å². The van der Waals surface area contributed by atoms with Crippen molar-refractivity contribution in [2.75, 3.05) is 19.8 Å². The molecule has 1 atom stereocenters. The maximum atomic E-state index is 12.8. The van der Waals surface area contributed by atoms with E-state index >= 15 is 0 Å². The van der Waals surface area contributed by atoms with Crippen LogP contribution in [0.1, 0.15) is 51.8 Å². The molecule has 0 saturated heterocycles. The van der Waals surface area contributed by atoms with Crippen LogP contribution in [0.25, 0.3) is 0 Å². The van der Waals surface area contributed by atoms with Crippen molar-refractivity contribution >= 4 is 23.7 Å². The molecule has 8 heteroatoms. The molecule has 0 radical (unpaired) electrons. The Hall–Kier alpha value is -3.68. The molecule has 0 aliphatic carbocycles. The van der Waals surface area contributed by atoms with Crippen LogP contribution in [-0.2, 0) is 9.53 Å². The lowest BCUT2D eigenvalue weighted by molar-refractivity contribution is -0.147. The molecule has 2 aromatic rings. The zero-order chi connectivity index (χ0) is 23.3. The largest absolute Gasteiger partial charge is 0.493 e. The highest BCUT2D eigenvalue weighted by molar-refractivity contribution is 6.21. The fraction of sp³-hybridized carbons (Fsp3) is 0.333. The molecular weight excluding hydrogens is 412 g/mol. The van der Waals surface area contributed by atoms with E-state index in [1.165, 1.54) is 0 Å². The number of rotatable bonds is 9. The number of carbonyl (C=O) groups is 4. The zero-order valence-electron chi connectivity index (χ0n) is 18.3. The first-order valence-corrected chi connectivity index (χ1v) is 10.5. The Morgan fingerprint density at radius 1 is 0.969 bits per heavy atom. The lowest BCUT2D eigenvalue weighted by Crippen LogP contribution is -2.46. The number of nitrogens with one attached hydrogen (secondary N) is 1. The third-order valence-electron chi connectivity index (χ3n) is 5.08. The van der Waals surface area contributed by atoms with Gasteiger partial charge in [-0.15, -0.1) is 0 Å². The van der Waals surface area contributed by atoms with E-state index in [-0.39, 0.29) is 19.1 Å². The number of nitrogens with zero attached hydrogens (tertiary/aromatic N) is 1.